The molecule has 0 aliphatic rings. The van der Waals surface area contributed by atoms with Crippen LogP contribution in [0.15, 0.2) is 51.4 Å². The van der Waals surface area contributed by atoms with Gasteiger partial charge >= 0.3 is 0 Å². The first kappa shape index (κ1) is 15.4. The van der Waals surface area contributed by atoms with Crippen LogP contribution in [-0.2, 0) is 0 Å². The van der Waals surface area contributed by atoms with Crippen molar-refractivity contribution in [2.24, 2.45) is 0 Å². The normalized spacial score (nSPS) is 12.0. The van der Waals surface area contributed by atoms with Crippen LogP contribution in [0, 0.1) is 0 Å². The van der Waals surface area contributed by atoms with Gasteiger partial charge in [0.25, 0.3) is 0 Å². The Morgan fingerprint density at radius 3 is 2.30 bits per heavy atom. The molecule has 0 heterocycles. The molecule has 0 spiro atoms. The maximum absolute atomic E-state index is 5.46. The summed E-state index contributed by atoms with van der Waals surface area (Å²) >= 11 is 7.18. The molecule has 0 amide bonds. The van der Waals surface area contributed by atoms with Gasteiger partial charge in [0.2, 0.25) is 0 Å². The molecule has 1 unspecified atom stereocenters. The summed E-state index contributed by atoms with van der Waals surface area (Å²) in [5.41, 5.74) is 2.23. The van der Waals surface area contributed by atoms with Gasteiger partial charge in [-0.1, -0.05) is 31.2 Å². The monoisotopic (exact) mass is 397 g/mol. The third-order valence-corrected chi connectivity index (χ3v) is 4.53. The van der Waals surface area contributed by atoms with E-state index in [4.69, 9.17) is 4.74 Å². The second-order valence-electron chi connectivity index (χ2n) is 4.44. The van der Waals surface area contributed by atoms with E-state index < -0.39 is 0 Å². The average molecular weight is 399 g/mol. The smallest absolute Gasteiger partial charge is 0.124 e. The molecule has 20 heavy (non-hydrogen) atoms. The Bertz CT molecular complexity index is 566. The van der Waals surface area contributed by atoms with Gasteiger partial charge in [0.15, 0.2) is 0 Å². The minimum atomic E-state index is 0.196. The fraction of sp³-hybridized carbons (Fsp3) is 0.250. The predicted octanol–water partition coefficient (Wildman–Crippen LogP) is 5.78. The summed E-state index contributed by atoms with van der Waals surface area (Å²) < 4.78 is 7.55. The Morgan fingerprint density at radius 2 is 1.70 bits per heavy atom. The lowest BCUT2D eigenvalue weighted by Gasteiger charge is -2.22. The Kier molecular flexibility index (Phi) is 5.49. The van der Waals surface area contributed by atoms with E-state index in [0.717, 1.165) is 26.8 Å². The maximum Gasteiger partial charge on any atom is 0.124 e. The summed E-state index contributed by atoms with van der Waals surface area (Å²) in [5, 5.41) is 3.58. The van der Waals surface area contributed by atoms with Crippen molar-refractivity contribution in [2.45, 2.75) is 19.4 Å². The lowest BCUT2D eigenvalue weighted by molar-refractivity contribution is 0.406. The van der Waals surface area contributed by atoms with E-state index in [9.17, 15) is 0 Å². The molecule has 106 valence electrons. The number of ether oxygens (including phenoxy) is 1. The van der Waals surface area contributed by atoms with Crippen LogP contribution in [0.4, 0.5) is 5.69 Å². The number of benzene rings is 2. The standard InChI is InChI=1S/C16H17Br2NO/c1-3-14(11-7-4-5-10-15(11)20-2)19-16-12(17)8-6-9-13(16)18/h4-10,14,19H,3H2,1-2H3. The molecule has 2 rings (SSSR count). The lowest BCUT2D eigenvalue weighted by atomic mass is 10.0. The van der Waals surface area contributed by atoms with Crippen molar-refractivity contribution in [3.63, 3.8) is 0 Å². The van der Waals surface area contributed by atoms with Crippen LogP contribution in [0.3, 0.4) is 0 Å². The number of anilines is 1. The minimum Gasteiger partial charge on any atom is -0.496 e. The van der Waals surface area contributed by atoms with Crippen molar-refractivity contribution >= 4 is 37.5 Å². The van der Waals surface area contributed by atoms with E-state index in [0.29, 0.717) is 0 Å². The van der Waals surface area contributed by atoms with Crippen LogP contribution in [0.2, 0.25) is 0 Å². The lowest BCUT2D eigenvalue weighted by Crippen LogP contribution is -2.11. The number of methoxy groups -OCH3 is 1. The zero-order valence-electron chi connectivity index (χ0n) is 11.5. The van der Waals surface area contributed by atoms with Gasteiger partial charge in [-0.15, -0.1) is 0 Å². The van der Waals surface area contributed by atoms with Crippen LogP contribution in [0.1, 0.15) is 24.9 Å². The van der Waals surface area contributed by atoms with Crippen LogP contribution in [-0.4, -0.2) is 7.11 Å². The van der Waals surface area contributed by atoms with Gasteiger partial charge in [-0.05, 0) is 56.5 Å². The van der Waals surface area contributed by atoms with E-state index in [1.165, 1.54) is 5.56 Å². The third-order valence-electron chi connectivity index (χ3n) is 3.20. The van der Waals surface area contributed by atoms with Crippen molar-refractivity contribution in [1.82, 2.24) is 0 Å². The second kappa shape index (κ2) is 7.14. The first-order chi connectivity index (χ1) is 9.67. The van der Waals surface area contributed by atoms with Crippen LogP contribution >= 0.6 is 31.9 Å². The summed E-state index contributed by atoms with van der Waals surface area (Å²) in [6.07, 6.45) is 0.966. The summed E-state index contributed by atoms with van der Waals surface area (Å²) in [5.74, 6) is 0.912. The largest absolute Gasteiger partial charge is 0.496 e. The molecule has 1 N–H and O–H groups in total. The van der Waals surface area contributed by atoms with Crippen LogP contribution in [0.25, 0.3) is 0 Å². The molecule has 0 fully saturated rings. The van der Waals surface area contributed by atoms with Crippen LogP contribution in [0.5, 0.6) is 5.75 Å². The number of hydrogen-bond acceptors (Lipinski definition) is 2. The molecule has 0 aromatic heterocycles. The van der Waals surface area contributed by atoms with Gasteiger partial charge in [-0.2, -0.15) is 0 Å². The zero-order valence-corrected chi connectivity index (χ0v) is 14.7. The van der Waals surface area contributed by atoms with E-state index in [2.05, 4.69) is 50.2 Å². The molecule has 2 aromatic carbocycles. The number of hydrogen-bond donors (Lipinski definition) is 1. The van der Waals surface area contributed by atoms with Crippen molar-refractivity contribution in [3.05, 3.63) is 57.0 Å². The number of halogens is 2. The Hall–Kier alpha value is -1.00. The summed E-state index contributed by atoms with van der Waals surface area (Å²) in [6, 6.07) is 14.4. The molecule has 2 nitrogen and oxygen atoms in total. The molecule has 2 aromatic rings. The van der Waals surface area contributed by atoms with Gasteiger partial charge in [-0.25, -0.2) is 0 Å². The quantitative estimate of drug-likeness (QED) is 0.688. The predicted molar refractivity (Wildman–Crippen MR) is 91.5 cm³/mol. The van der Waals surface area contributed by atoms with Crippen LogP contribution < -0.4 is 10.1 Å². The van der Waals surface area contributed by atoms with Gasteiger partial charge < -0.3 is 10.1 Å². The first-order valence-corrected chi connectivity index (χ1v) is 8.09. The molecule has 0 saturated heterocycles. The molecular weight excluding hydrogens is 382 g/mol. The SMILES string of the molecule is CCC(Nc1c(Br)cccc1Br)c1ccccc1OC. The van der Waals surface area contributed by atoms with Gasteiger partial charge in [-0.3, -0.25) is 0 Å². The zero-order chi connectivity index (χ0) is 14.5. The molecule has 0 bridgehead atoms. The van der Waals surface area contributed by atoms with E-state index in [-0.39, 0.29) is 6.04 Å². The molecule has 0 aliphatic heterocycles. The summed E-state index contributed by atoms with van der Waals surface area (Å²) in [7, 11) is 1.71. The highest BCUT2D eigenvalue weighted by Crippen LogP contribution is 2.36. The molecule has 0 saturated carbocycles. The highest BCUT2D eigenvalue weighted by Gasteiger charge is 2.16. The van der Waals surface area contributed by atoms with Crippen molar-refractivity contribution < 1.29 is 4.74 Å². The minimum absolute atomic E-state index is 0.196. The molecule has 4 heteroatoms. The number of para-hydroxylation sites is 2. The topological polar surface area (TPSA) is 21.3 Å². The fourth-order valence-electron chi connectivity index (χ4n) is 2.16. The Labute approximate surface area is 136 Å². The van der Waals surface area contributed by atoms with Crippen molar-refractivity contribution in [1.29, 1.82) is 0 Å². The second-order valence-corrected chi connectivity index (χ2v) is 6.15. The molecule has 1 atom stereocenters. The van der Waals surface area contributed by atoms with Crippen molar-refractivity contribution in [2.75, 3.05) is 12.4 Å². The third kappa shape index (κ3) is 3.36. The van der Waals surface area contributed by atoms with E-state index in [1.54, 1.807) is 7.11 Å². The number of rotatable bonds is 5. The van der Waals surface area contributed by atoms with E-state index in [1.807, 2.05) is 36.4 Å². The van der Waals surface area contributed by atoms with Crippen molar-refractivity contribution in [3.8, 4) is 5.75 Å². The first-order valence-electron chi connectivity index (χ1n) is 6.50. The molecule has 0 radical (unpaired) electrons. The van der Waals surface area contributed by atoms with E-state index >= 15 is 0 Å². The molecule has 0 aliphatic carbocycles. The Balaban J connectivity index is 2.34. The highest BCUT2D eigenvalue weighted by atomic mass is 79.9. The summed E-state index contributed by atoms with van der Waals surface area (Å²) in [4.78, 5) is 0. The van der Waals surface area contributed by atoms with Gasteiger partial charge in [0, 0.05) is 14.5 Å². The Morgan fingerprint density at radius 1 is 1.05 bits per heavy atom. The fourth-order valence-corrected chi connectivity index (χ4v) is 3.39. The average Bonchev–Trinajstić information content (AvgIpc) is 2.47. The van der Waals surface area contributed by atoms with Gasteiger partial charge in [0.05, 0.1) is 18.8 Å². The highest BCUT2D eigenvalue weighted by molar-refractivity contribution is 9.11. The molecular formula is C16H17Br2NO. The van der Waals surface area contributed by atoms with Gasteiger partial charge in [0.1, 0.15) is 5.75 Å². The summed E-state index contributed by atoms with van der Waals surface area (Å²) in [6.45, 7) is 2.16. The number of nitrogens with one attached hydrogen (secondary N) is 1. The maximum atomic E-state index is 5.46.